The lowest BCUT2D eigenvalue weighted by Gasteiger charge is -2.28. The molecule has 0 aliphatic carbocycles. The average molecular weight is 439 g/mol. The normalized spacial score (nSPS) is 15.6. The first kappa shape index (κ1) is 21.1. The monoisotopic (exact) mass is 438 g/mol. The van der Waals surface area contributed by atoms with Crippen molar-refractivity contribution in [3.63, 3.8) is 0 Å². The minimum atomic E-state index is -0.568. The third-order valence-corrected chi connectivity index (χ3v) is 5.70. The van der Waals surface area contributed by atoms with Gasteiger partial charge < -0.3 is 10.1 Å². The SMILES string of the molecule is CC1=C(C(=O)OC(C)C)C(c2ccc(F)cc2)n2nc(SCc3ccccc3)nc2N1. The molecule has 1 unspecified atom stereocenters. The zero-order chi connectivity index (χ0) is 22.0. The standard InChI is InChI=1S/C23H23FN4O2S/c1-14(2)30-21(29)19-15(3)25-22-26-23(31-13-16-7-5-4-6-8-16)27-28(22)20(19)17-9-11-18(24)12-10-17/h4-12,14,20H,13H2,1-3H3,(H,25,26,27). The molecular formula is C23H23FN4O2S. The molecule has 0 bridgehead atoms. The van der Waals surface area contributed by atoms with Gasteiger partial charge >= 0.3 is 5.97 Å². The van der Waals surface area contributed by atoms with E-state index in [1.165, 1.54) is 29.5 Å². The van der Waals surface area contributed by atoms with E-state index in [0.29, 0.717) is 22.4 Å². The van der Waals surface area contributed by atoms with Crippen molar-refractivity contribution in [1.82, 2.24) is 14.8 Å². The molecule has 2 heterocycles. The minimum absolute atomic E-state index is 0.268. The molecule has 0 spiro atoms. The van der Waals surface area contributed by atoms with Gasteiger partial charge in [-0.05, 0) is 44.0 Å². The third kappa shape index (κ3) is 4.64. The first-order chi connectivity index (χ1) is 14.9. The maximum atomic E-state index is 13.6. The zero-order valence-corrected chi connectivity index (χ0v) is 18.3. The van der Waals surface area contributed by atoms with E-state index in [9.17, 15) is 9.18 Å². The van der Waals surface area contributed by atoms with Gasteiger partial charge in [0.2, 0.25) is 11.1 Å². The highest BCUT2D eigenvalue weighted by atomic mass is 32.2. The molecule has 0 fully saturated rings. The van der Waals surface area contributed by atoms with Gasteiger partial charge in [0.05, 0.1) is 11.7 Å². The highest BCUT2D eigenvalue weighted by molar-refractivity contribution is 7.98. The van der Waals surface area contributed by atoms with Crippen LogP contribution in [0.15, 0.2) is 71.0 Å². The fourth-order valence-corrected chi connectivity index (χ4v) is 4.19. The van der Waals surface area contributed by atoms with E-state index in [2.05, 4.69) is 15.4 Å². The second kappa shape index (κ2) is 8.93. The van der Waals surface area contributed by atoms with Crippen LogP contribution in [-0.4, -0.2) is 26.8 Å². The van der Waals surface area contributed by atoms with Crippen LogP contribution in [0.2, 0.25) is 0 Å². The van der Waals surface area contributed by atoms with Gasteiger partial charge in [-0.25, -0.2) is 13.9 Å². The molecule has 31 heavy (non-hydrogen) atoms. The zero-order valence-electron chi connectivity index (χ0n) is 17.5. The number of anilines is 1. The number of ether oxygens (including phenoxy) is 1. The van der Waals surface area contributed by atoms with Crippen LogP contribution in [0.1, 0.15) is 37.9 Å². The van der Waals surface area contributed by atoms with E-state index in [1.54, 1.807) is 30.7 Å². The fraction of sp³-hybridized carbons (Fsp3) is 0.261. The Morgan fingerprint density at radius 3 is 2.58 bits per heavy atom. The first-order valence-electron chi connectivity index (χ1n) is 10.00. The number of allylic oxidation sites excluding steroid dienone is 1. The summed E-state index contributed by atoms with van der Waals surface area (Å²) >= 11 is 1.51. The van der Waals surface area contributed by atoms with Gasteiger partial charge in [0.15, 0.2) is 0 Å². The van der Waals surface area contributed by atoms with Crippen LogP contribution in [-0.2, 0) is 15.3 Å². The maximum Gasteiger partial charge on any atom is 0.338 e. The summed E-state index contributed by atoms with van der Waals surface area (Å²) in [6.07, 6.45) is -0.268. The van der Waals surface area contributed by atoms with Crippen molar-refractivity contribution in [2.24, 2.45) is 0 Å². The van der Waals surface area contributed by atoms with E-state index in [0.717, 1.165) is 11.3 Å². The van der Waals surface area contributed by atoms with Gasteiger partial charge in [0.1, 0.15) is 11.9 Å². The summed E-state index contributed by atoms with van der Waals surface area (Å²) in [7, 11) is 0. The Balaban J connectivity index is 1.70. The maximum absolute atomic E-state index is 13.6. The Morgan fingerprint density at radius 1 is 1.19 bits per heavy atom. The molecule has 4 rings (SSSR count). The van der Waals surface area contributed by atoms with Crippen molar-refractivity contribution in [3.05, 3.63) is 82.8 Å². The molecule has 0 amide bonds. The lowest BCUT2D eigenvalue weighted by atomic mass is 9.96. The molecule has 0 saturated carbocycles. The quantitative estimate of drug-likeness (QED) is 0.434. The van der Waals surface area contributed by atoms with E-state index in [-0.39, 0.29) is 11.9 Å². The largest absolute Gasteiger partial charge is 0.459 e. The van der Waals surface area contributed by atoms with Crippen LogP contribution in [0, 0.1) is 5.82 Å². The summed E-state index contributed by atoms with van der Waals surface area (Å²) in [6.45, 7) is 5.41. The summed E-state index contributed by atoms with van der Waals surface area (Å²) < 4.78 is 20.7. The first-order valence-corrected chi connectivity index (χ1v) is 11.0. The molecule has 1 aromatic heterocycles. The van der Waals surface area contributed by atoms with Crippen molar-refractivity contribution in [2.45, 2.75) is 43.8 Å². The number of aromatic nitrogens is 3. The predicted molar refractivity (Wildman–Crippen MR) is 118 cm³/mol. The molecule has 8 heteroatoms. The van der Waals surface area contributed by atoms with Gasteiger partial charge in [-0.15, -0.1) is 5.10 Å². The Bertz CT molecular complexity index is 1110. The van der Waals surface area contributed by atoms with Gasteiger partial charge in [-0.3, -0.25) is 0 Å². The Kier molecular flexibility index (Phi) is 6.08. The summed E-state index contributed by atoms with van der Waals surface area (Å²) in [5.74, 6) is 0.472. The molecule has 1 aliphatic rings. The highest BCUT2D eigenvalue weighted by Crippen LogP contribution is 2.37. The summed E-state index contributed by atoms with van der Waals surface area (Å²) in [6, 6.07) is 15.6. The number of hydrogen-bond acceptors (Lipinski definition) is 6. The number of carbonyl (C=O) groups is 1. The number of esters is 1. The second-order valence-corrected chi connectivity index (χ2v) is 8.45. The van der Waals surface area contributed by atoms with E-state index >= 15 is 0 Å². The highest BCUT2D eigenvalue weighted by Gasteiger charge is 2.35. The number of rotatable bonds is 6. The number of hydrogen-bond donors (Lipinski definition) is 1. The molecule has 6 nitrogen and oxygen atoms in total. The molecular weight excluding hydrogens is 415 g/mol. The fourth-order valence-electron chi connectivity index (χ4n) is 3.41. The number of fused-ring (bicyclic) bond motifs is 1. The van der Waals surface area contributed by atoms with Crippen molar-refractivity contribution in [3.8, 4) is 0 Å². The van der Waals surface area contributed by atoms with Crippen molar-refractivity contribution >= 4 is 23.7 Å². The number of carbonyl (C=O) groups excluding carboxylic acids is 1. The van der Waals surface area contributed by atoms with E-state index in [4.69, 9.17) is 4.74 Å². The van der Waals surface area contributed by atoms with E-state index < -0.39 is 12.0 Å². The summed E-state index contributed by atoms with van der Waals surface area (Å²) in [5, 5.41) is 8.42. The van der Waals surface area contributed by atoms with Crippen LogP contribution in [0.3, 0.4) is 0 Å². The molecule has 1 aliphatic heterocycles. The Hall–Kier alpha value is -3.13. The van der Waals surface area contributed by atoms with Gasteiger partial charge in [0.25, 0.3) is 0 Å². The van der Waals surface area contributed by atoms with Crippen LogP contribution in [0.4, 0.5) is 10.3 Å². The molecule has 3 aromatic rings. The molecule has 1 N–H and O–H groups in total. The van der Waals surface area contributed by atoms with Crippen molar-refractivity contribution in [1.29, 1.82) is 0 Å². The molecule has 0 saturated heterocycles. The van der Waals surface area contributed by atoms with Crippen LogP contribution >= 0.6 is 11.8 Å². The molecule has 2 aromatic carbocycles. The Labute approximate surface area is 184 Å². The topological polar surface area (TPSA) is 69.0 Å². The molecule has 1 atom stereocenters. The smallest absolute Gasteiger partial charge is 0.338 e. The summed E-state index contributed by atoms with van der Waals surface area (Å²) in [4.78, 5) is 17.5. The van der Waals surface area contributed by atoms with Gasteiger partial charge in [-0.1, -0.05) is 54.2 Å². The molecule has 0 radical (unpaired) electrons. The predicted octanol–water partition coefficient (Wildman–Crippen LogP) is 4.95. The molecule has 160 valence electrons. The van der Waals surface area contributed by atoms with Crippen molar-refractivity contribution < 1.29 is 13.9 Å². The summed E-state index contributed by atoms with van der Waals surface area (Å²) in [5.41, 5.74) is 2.96. The number of thioether (sulfide) groups is 1. The minimum Gasteiger partial charge on any atom is -0.459 e. The second-order valence-electron chi connectivity index (χ2n) is 7.51. The number of benzene rings is 2. The Morgan fingerprint density at radius 2 is 1.90 bits per heavy atom. The van der Waals surface area contributed by atoms with Gasteiger partial charge in [0, 0.05) is 11.4 Å². The average Bonchev–Trinajstić information content (AvgIpc) is 3.14. The lowest BCUT2D eigenvalue weighted by Crippen LogP contribution is -2.30. The van der Waals surface area contributed by atoms with Crippen LogP contribution in [0.5, 0.6) is 0 Å². The van der Waals surface area contributed by atoms with Crippen molar-refractivity contribution in [2.75, 3.05) is 5.32 Å². The number of nitrogens with zero attached hydrogens (tertiary/aromatic N) is 3. The van der Waals surface area contributed by atoms with Crippen LogP contribution in [0.25, 0.3) is 0 Å². The van der Waals surface area contributed by atoms with E-state index in [1.807, 2.05) is 37.3 Å². The van der Waals surface area contributed by atoms with Gasteiger partial charge in [-0.2, -0.15) is 4.98 Å². The number of nitrogens with one attached hydrogen (secondary N) is 1. The van der Waals surface area contributed by atoms with Crippen LogP contribution < -0.4 is 5.32 Å². The number of halogens is 1. The lowest BCUT2D eigenvalue weighted by molar-refractivity contribution is -0.143. The third-order valence-electron chi connectivity index (χ3n) is 4.79.